The molecule has 2 aromatic heterocycles. The number of allylic oxidation sites excluding steroid dienone is 1. The zero-order valence-corrected chi connectivity index (χ0v) is 80.2. The Bertz CT molecular complexity index is 3200. The van der Waals surface area contributed by atoms with E-state index in [2.05, 4.69) is 91.6 Å². The number of aromatic nitrogens is 2. The Hall–Kier alpha value is -4.67. The third-order valence-electron chi connectivity index (χ3n) is 20.1. The monoisotopic (exact) mass is 1800 g/mol. The number of epoxide rings is 1. The maximum Gasteiger partial charge on any atom is 0.309 e. The number of carbonyl (C=O) groups is 9. The second kappa shape index (κ2) is 63.3. The lowest BCUT2D eigenvalue weighted by Crippen LogP contribution is -2.52. The Morgan fingerprint density at radius 3 is 1.66 bits per heavy atom. The lowest BCUT2D eigenvalue weighted by molar-refractivity contribution is -0.156. The Balaban J connectivity index is -0.000000327. The highest BCUT2D eigenvalue weighted by Gasteiger charge is 2.48. The molecule has 0 aromatic carbocycles. The number of Topliss-reactive ketones (excluding diaryl/α,β-unsaturated/α-hetero) is 3. The van der Waals surface area contributed by atoms with Gasteiger partial charge >= 0.3 is 17.9 Å². The fourth-order valence-corrected chi connectivity index (χ4v) is 13.9. The van der Waals surface area contributed by atoms with Crippen LogP contribution in [0, 0.1) is 66.1 Å². The van der Waals surface area contributed by atoms with Gasteiger partial charge in [0.2, 0.25) is 0 Å². The van der Waals surface area contributed by atoms with Crippen molar-refractivity contribution in [1.29, 1.82) is 0 Å². The second-order valence-electron chi connectivity index (χ2n) is 31.9. The number of ether oxygens (including phenoxy) is 5. The number of halogens is 1. The van der Waals surface area contributed by atoms with Gasteiger partial charge in [0.05, 0.1) is 102 Å². The van der Waals surface area contributed by atoms with Gasteiger partial charge in [0.1, 0.15) is 54.5 Å². The molecule has 1 unspecified atom stereocenters. The van der Waals surface area contributed by atoms with Gasteiger partial charge in [-0.1, -0.05) is 166 Å². The molecule has 4 saturated heterocycles. The number of thiazole rings is 2. The number of ketones is 3. The van der Waals surface area contributed by atoms with E-state index in [0.29, 0.717) is 38.1 Å². The molecule has 19 atom stereocenters. The molecule has 116 heavy (non-hydrogen) atoms. The molecule has 0 bridgehead atoms. The number of nitrogens with zero attached hydrogens (tertiary/aromatic N) is 2. The summed E-state index contributed by atoms with van der Waals surface area (Å²) in [5.41, 5.74) is 1.71. The van der Waals surface area contributed by atoms with Gasteiger partial charge in [-0.05, 0) is 138 Å². The molecule has 6 radical (unpaired) electrons. The summed E-state index contributed by atoms with van der Waals surface area (Å²) in [7, 11) is -2.10. The Morgan fingerprint density at radius 2 is 1.28 bits per heavy atom. The predicted molar refractivity (Wildman–Crippen MR) is 477 cm³/mol. The van der Waals surface area contributed by atoms with Crippen LogP contribution in [0.2, 0.25) is 18.1 Å². The van der Waals surface area contributed by atoms with Gasteiger partial charge in [-0.15, -0.1) is 29.3 Å². The van der Waals surface area contributed by atoms with Crippen molar-refractivity contribution in [3.05, 3.63) is 66.1 Å². The minimum atomic E-state index is -2.10. The Morgan fingerprint density at radius 1 is 0.767 bits per heavy atom. The van der Waals surface area contributed by atoms with Gasteiger partial charge < -0.3 is 78.2 Å². The predicted octanol–water partition coefficient (Wildman–Crippen LogP) is 14.9. The average Bonchev–Trinajstić information content (AvgIpc) is 1.17. The van der Waals surface area contributed by atoms with Gasteiger partial charge in [-0.25, -0.2) is 9.97 Å². The van der Waals surface area contributed by atoms with Crippen LogP contribution in [0.4, 0.5) is 0 Å². The van der Waals surface area contributed by atoms with Crippen molar-refractivity contribution in [1.82, 2.24) is 9.97 Å². The van der Waals surface area contributed by atoms with Gasteiger partial charge in [-0.2, -0.15) is 0 Å². The molecule has 2 aromatic rings. The molecule has 4 fully saturated rings. The van der Waals surface area contributed by atoms with Crippen LogP contribution in [0.25, 0.3) is 12.2 Å². The number of rotatable bonds is 21. The van der Waals surface area contributed by atoms with Crippen LogP contribution in [0.3, 0.4) is 0 Å². The summed E-state index contributed by atoms with van der Waals surface area (Å²) in [4.78, 5) is 109. The third-order valence-corrected chi connectivity index (χ3v) is 26.7. The van der Waals surface area contributed by atoms with Crippen LogP contribution in [0.1, 0.15) is 259 Å². The number of esters is 3. The van der Waals surface area contributed by atoms with E-state index in [4.69, 9.17) is 53.7 Å². The fraction of sp³-hybridized carbons (Fsp3) is 0.733. The van der Waals surface area contributed by atoms with Crippen molar-refractivity contribution in [2.24, 2.45) is 52.3 Å². The van der Waals surface area contributed by atoms with Crippen molar-refractivity contribution in [2.75, 3.05) is 13.2 Å². The third kappa shape index (κ3) is 49.3. The summed E-state index contributed by atoms with van der Waals surface area (Å²) in [6.45, 7) is 59.1. The number of hydrogen-bond acceptors (Lipinski definition) is 26. The van der Waals surface area contributed by atoms with E-state index < -0.39 is 73.9 Å². The smallest absolute Gasteiger partial charge is 0.309 e. The molecule has 0 aliphatic carbocycles. The van der Waals surface area contributed by atoms with Crippen LogP contribution >= 0.6 is 45.3 Å². The number of fused-ring (bicyclic) bond motifs is 1. The fourth-order valence-electron chi connectivity index (χ4n) is 11.1. The SMILES string of the molecule is C/C(=C\c1csc(C)n1)[C@@H]1C[C@@H]2O[C@@H]2CCC[C@H](C)[C@H](O)[C@@H](C)C(=O)C(C)(C)[C@@H](O)CC(=O)O1.C=CC[C@H](C)[C@H](C)[C@@H](C)C(=O)C(C)(C)[C@H](CC(C)=O)O[Si](C)(C)C(C)(C)C.CC.CC.CC(=O)O[C@@H](C/C=C\I)/C(C)=C/c1csc(C)n1.CC=O.C[C@@H](O)C=O.C[C@H](C=O)CO.C[C@H]1COC(=O)C[C@@H]1O.C[C@H]1OC(O)C[C@@H]1O.[B].[B]. The Kier molecular flexibility index (Phi) is 66.7. The first-order valence-corrected chi connectivity index (χ1v) is 45.9. The molecule has 664 valence electrons. The first-order chi connectivity index (χ1) is 52.8. The molecule has 4 aliphatic heterocycles. The van der Waals surface area contributed by atoms with Gasteiger partial charge in [0.25, 0.3) is 0 Å². The lowest BCUT2D eigenvalue weighted by Gasteiger charge is -2.44. The lowest BCUT2D eigenvalue weighted by atomic mass is 9.70. The number of aliphatic hydroxyl groups excluding tert-OH is 7. The summed E-state index contributed by atoms with van der Waals surface area (Å²) < 4.78 is 35.0. The number of hydrogen-bond donors (Lipinski definition) is 7. The van der Waals surface area contributed by atoms with Crippen molar-refractivity contribution in [2.45, 2.75) is 343 Å². The molecule has 7 N–H and O–H groups in total. The molecule has 6 rings (SSSR count). The molecular formula is C86H149B2IN2O22S2Si. The second-order valence-corrected chi connectivity index (χ2v) is 39.5. The zero-order valence-electron chi connectivity index (χ0n) is 75.4. The molecule has 0 saturated carbocycles. The van der Waals surface area contributed by atoms with E-state index >= 15 is 0 Å². The largest absolute Gasteiger partial charge is 0.465 e. The van der Waals surface area contributed by atoms with E-state index in [9.17, 15) is 48.6 Å². The van der Waals surface area contributed by atoms with Gasteiger partial charge in [-0.3, -0.25) is 28.8 Å². The van der Waals surface area contributed by atoms with Crippen LogP contribution < -0.4 is 0 Å². The summed E-state index contributed by atoms with van der Waals surface area (Å²) in [6.07, 6.45) is 9.16. The minimum Gasteiger partial charge on any atom is -0.465 e. The molecule has 6 heterocycles. The standard InChI is InChI=1S/C26H39NO6S.C23H44O3Si.C13H16INO2S.C6H10O3.C5H10O3.C4H8O2.C3H6O2.C2H4O.2C2H6.2B/c1-14-8-7-9-19-21(32-19)11-20(15(2)10-18-13-34-17(4)27-18)33-23(29)12-22(28)26(5,6)25(31)16(3)24(14)30;1-13-14-16(2)18(4)19(5)21(25)23(9,10)20(15-17(3)24)26-27(11,12)22(6,7)8;1-9(7-12-8-18-10(2)15-12)13(5-4-6-14)17-11(3)16;1-4-3-9-6(8)2-5(4)7;1-3-4(6)2-5(7)8-3;1-4(2-5)3-6;1-3(5)2-4;1-2-3;2*1-2;;/h10,13-14,16,19-22,24,28,30H,7-9,11-12H2,1-6H3;13,16,18-20H,1,14-15H2,2-12H3;4,6-8,13H,5H2,1-3H3;4-5,7H,2-3H2,1H3;3-7H,2H2,1H3;2,4,6H,3H2,1H3;2-3,5H,1H3;2H,1H3;2*1-2H3;;/b15-10+;;6-4-,9-7+;;;;;;;;;/t14-,16+,19+,20-,21-,22-,24-;16-,18-,19+,20-;13-;4-,5-;3-,4+,5?;4-;3-;;;;;/m0000111...../s1. The van der Waals surface area contributed by atoms with Crippen molar-refractivity contribution >= 4 is 137 Å². The summed E-state index contributed by atoms with van der Waals surface area (Å²) >= 11 is 5.32. The number of cyclic esters (lactones) is 2. The van der Waals surface area contributed by atoms with Crippen LogP contribution in [0.15, 0.2) is 44.7 Å². The van der Waals surface area contributed by atoms with E-state index in [-0.39, 0.29) is 137 Å². The number of aryl methyl sites for hydroxylation is 2. The van der Waals surface area contributed by atoms with Crippen LogP contribution in [-0.4, -0.2) is 212 Å². The van der Waals surface area contributed by atoms with E-state index in [1.165, 1.54) is 20.8 Å². The number of aliphatic hydroxyl groups is 7. The average molecular weight is 1800 g/mol. The molecule has 30 heteroatoms. The maximum absolute atomic E-state index is 13.5. The molecule has 4 aliphatic rings. The normalized spacial score (nSPS) is 24.4. The van der Waals surface area contributed by atoms with Crippen molar-refractivity contribution in [3.8, 4) is 0 Å². The first-order valence-electron chi connectivity index (χ1n) is 40.0. The van der Waals surface area contributed by atoms with E-state index in [1.807, 2.05) is 129 Å². The van der Waals surface area contributed by atoms with Crippen molar-refractivity contribution < 1.29 is 107 Å². The van der Waals surface area contributed by atoms with Gasteiger partial charge in [0, 0.05) is 89.3 Å². The highest BCUT2D eigenvalue weighted by molar-refractivity contribution is 14.1. The number of aldehydes is 3. The minimum absolute atomic E-state index is 0. The van der Waals surface area contributed by atoms with Gasteiger partial charge in [0.15, 0.2) is 14.6 Å². The van der Waals surface area contributed by atoms with E-state index in [0.717, 1.165) is 70.8 Å². The first kappa shape index (κ1) is 122. The topological polar surface area (TPSA) is 380 Å². The molecule has 0 amide bonds. The molecule has 0 spiro atoms. The van der Waals surface area contributed by atoms with Crippen molar-refractivity contribution in [3.63, 3.8) is 0 Å². The quantitative estimate of drug-likeness (QED) is 0.0116. The highest BCUT2D eigenvalue weighted by atomic mass is 127. The highest BCUT2D eigenvalue weighted by Crippen LogP contribution is 2.43. The Labute approximate surface area is 723 Å². The summed E-state index contributed by atoms with van der Waals surface area (Å²) in [6, 6.07) is 0. The summed E-state index contributed by atoms with van der Waals surface area (Å²) in [5, 5.41) is 70.3. The van der Waals surface area contributed by atoms with E-state index in [1.54, 1.807) is 64.2 Å². The van der Waals surface area contributed by atoms with Crippen LogP contribution in [-0.2, 0) is 71.3 Å². The summed E-state index contributed by atoms with van der Waals surface area (Å²) in [5.74, 6) is -1.34. The molecular weight excluding hydrogens is 1650 g/mol. The zero-order chi connectivity index (χ0) is 89.5. The van der Waals surface area contributed by atoms with Crippen LogP contribution in [0.5, 0.6) is 0 Å². The number of carbonyl (C=O) groups excluding carboxylic acids is 9. The molecule has 24 nitrogen and oxygen atoms in total. The maximum atomic E-state index is 13.5.